The van der Waals surface area contributed by atoms with Gasteiger partial charge < -0.3 is 0 Å². The van der Waals surface area contributed by atoms with E-state index in [2.05, 4.69) is 0 Å². The van der Waals surface area contributed by atoms with Gasteiger partial charge in [0, 0.05) is 26.2 Å². The largest absolute Gasteiger partial charge is 0.1000 e. The van der Waals surface area contributed by atoms with Gasteiger partial charge in [0.25, 0.3) is 0 Å². The van der Waals surface area contributed by atoms with Crippen molar-refractivity contribution < 1.29 is 26.2 Å². The first-order chi connectivity index (χ1) is 1.41. The molecular formula is CH5BSiZr. The van der Waals surface area contributed by atoms with E-state index in [0.717, 1.165) is 16.2 Å². The van der Waals surface area contributed by atoms with Gasteiger partial charge in [-0.25, -0.2) is 0 Å². The van der Waals surface area contributed by atoms with Gasteiger partial charge in [-0.3, -0.25) is 0 Å². The molecule has 0 amide bonds. The summed E-state index contributed by atoms with van der Waals surface area (Å²) in [5.74, 6) is 0.889. The molecular weight excluding hydrogens is 142 g/mol. The van der Waals surface area contributed by atoms with Crippen molar-refractivity contribution in [2.45, 2.75) is 5.94 Å². The summed E-state index contributed by atoms with van der Waals surface area (Å²) in [6, 6.07) is 0. The first kappa shape index (κ1) is 8.94. The normalized spacial score (nSPS) is 5.00. The zero-order valence-corrected chi connectivity index (χ0v) is 7.24. The van der Waals surface area contributed by atoms with Crippen molar-refractivity contribution in [3.05, 3.63) is 0 Å². The minimum Gasteiger partial charge on any atom is -0.1000 e. The molecule has 0 aliphatic rings. The van der Waals surface area contributed by atoms with E-state index >= 15 is 0 Å². The number of rotatable bonds is 0. The van der Waals surface area contributed by atoms with Gasteiger partial charge >= 0.3 is 0 Å². The van der Waals surface area contributed by atoms with Gasteiger partial charge in [-0.15, -0.1) is 0 Å². The Balaban J connectivity index is 0. The zero-order valence-electron chi connectivity index (χ0n) is 2.78. The predicted molar refractivity (Wildman–Crippen MR) is 20.5 cm³/mol. The van der Waals surface area contributed by atoms with E-state index in [0.29, 0.717) is 0 Å². The molecule has 0 spiro atoms. The maximum absolute atomic E-state index is 4.91. The summed E-state index contributed by atoms with van der Waals surface area (Å²) < 4.78 is 0. The molecule has 4 heavy (non-hydrogen) atoms. The molecule has 0 aliphatic heterocycles. The summed E-state index contributed by atoms with van der Waals surface area (Å²) in [5, 5.41) is 0. The van der Waals surface area contributed by atoms with Crippen LogP contribution in [0.5, 0.6) is 0 Å². The third-order valence-electron chi connectivity index (χ3n) is 0. The van der Waals surface area contributed by atoms with Crippen molar-refractivity contribution >= 4 is 18.1 Å². The molecule has 0 fully saturated rings. The fourth-order valence-corrected chi connectivity index (χ4v) is 0. The summed E-state index contributed by atoms with van der Waals surface area (Å²) in [7, 11) is 6.06. The first-order valence-corrected chi connectivity index (χ1v) is 2.53. The topological polar surface area (TPSA) is 0 Å². The van der Waals surface area contributed by atoms with Crippen LogP contribution in [0.2, 0.25) is 5.94 Å². The van der Waals surface area contributed by atoms with E-state index in [-0.39, 0.29) is 26.2 Å². The van der Waals surface area contributed by atoms with E-state index in [9.17, 15) is 0 Å². The molecule has 0 unspecified atom stereocenters. The predicted octanol–water partition coefficient (Wildman–Crippen LogP) is -1.11. The SMILES string of the molecule is [B]C[SiH3].[Zr]. The second-order valence-electron chi connectivity index (χ2n) is 0.408. The van der Waals surface area contributed by atoms with Crippen molar-refractivity contribution in [3.8, 4) is 0 Å². The van der Waals surface area contributed by atoms with Gasteiger partial charge in [0.05, 0.1) is 7.85 Å². The Kier molecular flexibility index (Phi) is 19.9. The van der Waals surface area contributed by atoms with Gasteiger partial charge in [-0.1, -0.05) is 5.94 Å². The van der Waals surface area contributed by atoms with Crippen LogP contribution in [0.3, 0.4) is 0 Å². The van der Waals surface area contributed by atoms with Gasteiger partial charge in [-0.05, 0) is 10.2 Å². The molecule has 0 heterocycles. The molecule has 0 N–H and O–H groups in total. The molecule has 0 atom stereocenters. The van der Waals surface area contributed by atoms with Crippen LogP contribution in [0.25, 0.3) is 0 Å². The average Bonchev–Trinajstić information content (AvgIpc) is 0.918. The molecule has 0 aromatic carbocycles. The second-order valence-corrected chi connectivity index (χ2v) is 1.22. The Hall–Kier alpha value is 1.16. The zero-order chi connectivity index (χ0) is 2.71. The summed E-state index contributed by atoms with van der Waals surface area (Å²) in [4.78, 5) is 0. The van der Waals surface area contributed by atoms with Crippen LogP contribution in [0.15, 0.2) is 0 Å². The third kappa shape index (κ3) is 10.9. The molecule has 0 aliphatic carbocycles. The molecule has 0 aromatic heterocycles. The molecule has 0 bridgehead atoms. The van der Waals surface area contributed by atoms with Crippen LogP contribution in [-0.2, 0) is 26.2 Å². The Labute approximate surface area is 50.3 Å². The molecule has 0 rings (SSSR count). The van der Waals surface area contributed by atoms with Crippen molar-refractivity contribution in [2.24, 2.45) is 0 Å². The fraction of sp³-hybridized carbons (Fsp3) is 1.00. The van der Waals surface area contributed by atoms with E-state index in [1.165, 1.54) is 0 Å². The average molecular weight is 147 g/mol. The molecule has 20 valence electrons. The molecule has 0 saturated heterocycles. The molecule has 2 radical (unpaired) electrons. The Morgan fingerprint density at radius 3 is 1.75 bits per heavy atom. The van der Waals surface area contributed by atoms with Crippen LogP contribution < -0.4 is 0 Å². The smallest absolute Gasteiger partial charge is 0.0602 e. The van der Waals surface area contributed by atoms with Crippen LogP contribution in [0.1, 0.15) is 0 Å². The van der Waals surface area contributed by atoms with Crippen molar-refractivity contribution in [1.29, 1.82) is 0 Å². The third-order valence-corrected chi connectivity index (χ3v) is 0. The van der Waals surface area contributed by atoms with Crippen LogP contribution >= 0.6 is 0 Å². The van der Waals surface area contributed by atoms with E-state index in [4.69, 9.17) is 7.85 Å². The van der Waals surface area contributed by atoms with Crippen molar-refractivity contribution in [2.75, 3.05) is 0 Å². The summed E-state index contributed by atoms with van der Waals surface area (Å²) in [6.45, 7) is 0. The van der Waals surface area contributed by atoms with Crippen LogP contribution in [-0.4, -0.2) is 18.1 Å². The van der Waals surface area contributed by atoms with E-state index < -0.39 is 0 Å². The minimum atomic E-state index is 0. The molecule has 0 aromatic rings. The van der Waals surface area contributed by atoms with Gasteiger partial charge in [-0.2, -0.15) is 0 Å². The summed E-state index contributed by atoms with van der Waals surface area (Å²) >= 11 is 0. The number of hydrogen-bond acceptors (Lipinski definition) is 0. The monoisotopic (exact) mass is 146 g/mol. The Morgan fingerprint density at radius 1 is 1.75 bits per heavy atom. The fourth-order valence-electron chi connectivity index (χ4n) is 0. The Bertz CT molecular complexity index is 8.00. The van der Waals surface area contributed by atoms with Crippen LogP contribution in [0, 0.1) is 0 Å². The maximum Gasteiger partial charge on any atom is 0.0602 e. The second kappa shape index (κ2) is 8.90. The van der Waals surface area contributed by atoms with Crippen molar-refractivity contribution in [1.82, 2.24) is 0 Å². The quantitative estimate of drug-likeness (QED) is 0.381. The molecule has 0 saturated carbocycles. The first-order valence-electron chi connectivity index (χ1n) is 1.12. The summed E-state index contributed by atoms with van der Waals surface area (Å²) in [6.07, 6.45) is 0. The minimum absolute atomic E-state index is 0. The van der Waals surface area contributed by atoms with Gasteiger partial charge in [0.2, 0.25) is 0 Å². The standard InChI is InChI=1S/CH5BSi.Zr/c2-1-3;/h1H2,3H3;. The summed E-state index contributed by atoms with van der Waals surface area (Å²) in [5.41, 5.74) is 0. The van der Waals surface area contributed by atoms with Gasteiger partial charge in [0.15, 0.2) is 0 Å². The Morgan fingerprint density at radius 2 is 1.75 bits per heavy atom. The van der Waals surface area contributed by atoms with Gasteiger partial charge in [0.1, 0.15) is 0 Å². The van der Waals surface area contributed by atoms with E-state index in [1.807, 2.05) is 0 Å². The van der Waals surface area contributed by atoms with Crippen LogP contribution in [0.4, 0.5) is 0 Å². The number of hydrogen-bond donors (Lipinski definition) is 0. The molecule has 0 nitrogen and oxygen atoms in total. The van der Waals surface area contributed by atoms with E-state index in [1.54, 1.807) is 0 Å². The van der Waals surface area contributed by atoms with Crippen molar-refractivity contribution in [3.63, 3.8) is 0 Å². The molecule has 3 heteroatoms. The maximum atomic E-state index is 4.91.